The fraction of sp³-hybridized carbons (Fsp3) is 0.556. The Morgan fingerprint density at radius 2 is 1.77 bits per heavy atom. The molecule has 4 rings (SSSR count). The minimum Gasteiger partial charge on any atom is -0.316 e. The van der Waals surface area contributed by atoms with Gasteiger partial charge in [-0.2, -0.15) is 5.10 Å². The van der Waals surface area contributed by atoms with Crippen molar-refractivity contribution in [3.8, 4) is 0 Å². The standard InChI is InChI=1S/C18H23N3O/c22-18-16-4-2-1-3-15(16)17(20-21-18)14-6-5-12-7-9-19-10-8-13(12)11-14/h5-6,11,15-16,19H,1-4,7-10H2,(H,21,22). The van der Waals surface area contributed by atoms with E-state index in [2.05, 4.69) is 34.0 Å². The third-order valence-corrected chi connectivity index (χ3v) is 5.38. The summed E-state index contributed by atoms with van der Waals surface area (Å²) in [6, 6.07) is 6.77. The van der Waals surface area contributed by atoms with Crippen LogP contribution in [0.1, 0.15) is 42.4 Å². The first-order valence-corrected chi connectivity index (χ1v) is 8.53. The number of hydrazone groups is 1. The third-order valence-electron chi connectivity index (χ3n) is 5.38. The largest absolute Gasteiger partial charge is 0.316 e. The SMILES string of the molecule is O=C1NN=C(c2ccc3c(c2)CCNCC3)C2CCCCC12. The Hall–Kier alpha value is -1.68. The predicted molar refractivity (Wildman–Crippen MR) is 86.8 cm³/mol. The molecule has 116 valence electrons. The van der Waals surface area contributed by atoms with E-state index in [0.717, 1.165) is 50.9 Å². The van der Waals surface area contributed by atoms with E-state index in [1.54, 1.807) is 0 Å². The maximum atomic E-state index is 12.1. The first kappa shape index (κ1) is 13.9. The van der Waals surface area contributed by atoms with Crippen LogP contribution in [0.2, 0.25) is 0 Å². The number of benzene rings is 1. The van der Waals surface area contributed by atoms with Gasteiger partial charge in [-0.15, -0.1) is 0 Å². The van der Waals surface area contributed by atoms with E-state index in [9.17, 15) is 4.79 Å². The average Bonchev–Trinajstić information content (AvgIpc) is 2.80. The van der Waals surface area contributed by atoms with Gasteiger partial charge in [0.15, 0.2) is 0 Å². The lowest BCUT2D eigenvalue weighted by atomic mass is 9.73. The van der Waals surface area contributed by atoms with Crippen LogP contribution in [0.25, 0.3) is 0 Å². The summed E-state index contributed by atoms with van der Waals surface area (Å²) in [6.07, 6.45) is 6.65. The molecule has 1 aliphatic carbocycles. The molecule has 2 heterocycles. The van der Waals surface area contributed by atoms with Crippen LogP contribution < -0.4 is 10.7 Å². The van der Waals surface area contributed by atoms with Crippen LogP contribution in [0.4, 0.5) is 0 Å². The molecular weight excluding hydrogens is 274 g/mol. The van der Waals surface area contributed by atoms with Gasteiger partial charge >= 0.3 is 0 Å². The molecule has 2 atom stereocenters. The number of nitrogens with zero attached hydrogens (tertiary/aromatic N) is 1. The maximum absolute atomic E-state index is 12.1. The van der Waals surface area contributed by atoms with Gasteiger partial charge in [0, 0.05) is 11.8 Å². The third kappa shape index (κ3) is 2.45. The van der Waals surface area contributed by atoms with Crippen LogP contribution >= 0.6 is 0 Å². The molecule has 1 saturated carbocycles. The smallest absolute Gasteiger partial charge is 0.243 e. The molecule has 2 N–H and O–H groups in total. The van der Waals surface area contributed by atoms with Gasteiger partial charge in [-0.1, -0.05) is 25.0 Å². The fourth-order valence-electron chi connectivity index (χ4n) is 4.16. The van der Waals surface area contributed by atoms with E-state index in [1.165, 1.54) is 23.1 Å². The predicted octanol–water partition coefficient (Wildman–Crippen LogP) is 2.02. The molecule has 0 saturated heterocycles. The Kier molecular flexibility index (Phi) is 3.70. The van der Waals surface area contributed by atoms with Gasteiger partial charge in [0.2, 0.25) is 5.91 Å². The summed E-state index contributed by atoms with van der Waals surface area (Å²) < 4.78 is 0. The highest BCUT2D eigenvalue weighted by Gasteiger charge is 2.37. The van der Waals surface area contributed by atoms with Gasteiger partial charge in [0.25, 0.3) is 0 Å². The summed E-state index contributed by atoms with van der Waals surface area (Å²) in [4.78, 5) is 12.1. The van der Waals surface area contributed by atoms with Gasteiger partial charge < -0.3 is 5.32 Å². The number of amides is 1. The number of carbonyl (C=O) groups excluding carboxylic acids is 1. The molecule has 4 nitrogen and oxygen atoms in total. The number of hydrogen-bond donors (Lipinski definition) is 2. The van der Waals surface area contributed by atoms with Gasteiger partial charge in [-0.25, -0.2) is 5.43 Å². The van der Waals surface area contributed by atoms with E-state index >= 15 is 0 Å². The molecule has 3 aliphatic rings. The second-order valence-corrected chi connectivity index (χ2v) is 6.70. The highest BCUT2D eigenvalue weighted by Crippen LogP contribution is 2.35. The van der Waals surface area contributed by atoms with Gasteiger partial charge in [0.1, 0.15) is 0 Å². The van der Waals surface area contributed by atoms with Crippen LogP contribution in [0.5, 0.6) is 0 Å². The van der Waals surface area contributed by atoms with Crippen molar-refractivity contribution in [1.82, 2.24) is 10.7 Å². The summed E-state index contributed by atoms with van der Waals surface area (Å²) in [6.45, 7) is 2.11. The van der Waals surface area contributed by atoms with Crippen LogP contribution in [0.15, 0.2) is 23.3 Å². The van der Waals surface area contributed by atoms with Crippen molar-refractivity contribution in [2.24, 2.45) is 16.9 Å². The zero-order chi connectivity index (χ0) is 14.9. The Bertz CT molecular complexity index is 623. The fourth-order valence-corrected chi connectivity index (χ4v) is 4.16. The van der Waals surface area contributed by atoms with Crippen molar-refractivity contribution in [1.29, 1.82) is 0 Å². The normalized spacial score (nSPS) is 28.0. The van der Waals surface area contributed by atoms with Crippen LogP contribution in [-0.2, 0) is 17.6 Å². The molecule has 22 heavy (non-hydrogen) atoms. The van der Waals surface area contributed by atoms with E-state index in [4.69, 9.17) is 0 Å². The number of fused-ring (bicyclic) bond motifs is 2. The van der Waals surface area contributed by atoms with Crippen molar-refractivity contribution < 1.29 is 4.79 Å². The molecule has 1 fully saturated rings. The monoisotopic (exact) mass is 297 g/mol. The first-order valence-electron chi connectivity index (χ1n) is 8.53. The van der Waals surface area contributed by atoms with Gasteiger partial charge in [-0.3, -0.25) is 4.79 Å². The van der Waals surface area contributed by atoms with Gasteiger partial charge in [0.05, 0.1) is 5.71 Å². The maximum Gasteiger partial charge on any atom is 0.243 e. The van der Waals surface area contributed by atoms with Crippen LogP contribution in [-0.4, -0.2) is 24.7 Å². The molecular formula is C18H23N3O. The van der Waals surface area contributed by atoms with Crippen molar-refractivity contribution in [2.45, 2.75) is 38.5 Å². The molecule has 1 aromatic carbocycles. The second kappa shape index (κ2) is 5.84. The number of carbonyl (C=O) groups is 1. The van der Waals surface area contributed by atoms with Crippen LogP contribution in [0.3, 0.4) is 0 Å². The Morgan fingerprint density at radius 3 is 2.64 bits per heavy atom. The molecule has 1 aromatic rings. The van der Waals surface area contributed by atoms with E-state index < -0.39 is 0 Å². The molecule has 4 heteroatoms. The number of nitrogens with one attached hydrogen (secondary N) is 2. The van der Waals surface area contributed by atoms with Crippen LogP contribution in [0, 0.1) is 11.8 Å². The van der Waals surface area contributed by atoms with E-state index in [1.807, 2.05) is 0 Å². The molecule has 2 unspecified atom stereocenters. The average molecular weight is 297 g/mol. The van der Waals surface area contributed by atoms with Crippen molar-refractivity contribution in [3.05, 3.63) is 34.9 Å². The summed E-state index contributed by atoms with van der Waals surface area (Å²) in [5.41, 5.74) is 7.96. The molecule has 0 aromatic heterocycles. The minimum absolute atomic E-state index is 0.118. The highest BCUT2D eigenvalue weighted by molar-refractivity contribution is 6.06. The molecule has 0 spiro atoms. The highest BCUT2D eigenvalue weighted by atomic mass is 16.2. The quantitative estimate of drug-likeness (QED) is 0.833. The summed E-state index contributed by atoms with van der Waals surface area (Å²) >= 11 is 0. The van der Waals surface area contributed by atoms with Crippen molar-refractivity contribution >= 4 is 11.6 Å². The molecule has 0 radical (unpaired) electrons. The summed E-state index contributed by atoms with van der Waals surface area (Å²) in [7, 11) is 0. The topological polar surface area (TPSA) is 53.5 Å². The zero-order valence-corrected chi connectivity index (χ0v) is 12.9. The minimum atomic E-state index is 0.118. The second-order valence-electron chi connectivity index (χ2n) is 6.70. The lowest BCUT2D eigenvalue weighted by molar-refractivity contribution is -0.127. The Labute approximate surface area is 131 Å². The molecule has 0 bridgehead atoms. The molecule has 1 amide bonds. The Morgan fingerprint density at radius 1 is 1.00 bits per heavy atom. The summed E-state index contributed by atoms with van der Waals surface area (Å²) in [5, 5.41) is 7.90. The molecule has 2 aliphatic heterocycles. The van der Waals surface area contributed by atoms with Gasteiger partial charge in [-0.05, 0) is 61.5 Å². The van der Waals surface area contributed by atoms with E-state index in [-0.39, 0.29) is 11.8 Å². The zero-order valence-electron chi connectivity index (χ0n) is 12.9. The number of rotatable bonds is 1. The van der Waals surface area contributed by atoms with E-state index in [0.29, 0.717) is 5.92 Å². The summed E-state index contributed by atoms with van der Waals surface area (Å²) in [5.74, 6) is 0.554. The first-order chi connectivity index (χ1) is 10.8. The lowest BCUT2D eigenvalue weighted by Gasteiger charge is -2.34. The Balaban J connectivity index is 1.68. The number of hydrogen-bond acceptors (Lipinski definition) is 3. The lowest BCUT2D eigenvalue weighted by Crippen LogP contribution is -2.43. The van der Waals surface area contributed by atoms with Crippen molar-refractivity contribution in [2.75, 3.05) is 13.1 Å². The van der Waals surface area contributed by atoms with Crippen molar-refractivity contribution in [3.63, 3.8) is 0 Å².